The third-order valence-electron chi connectivity index (χ3n) is 3.37. The maximum Gasteiger partial charge on any atom is 0.244 e. The second-order valence-electron chi connectivity index (χ2n) is 4.88. The van der Waals surface area contributed by atoms with Crippen molar-refractivity contribution in [3.63, 3.8) is 0 Å². The molecule has 0 aliphatic carbocycles. The Morgan fingerprint density at radius 3 is 2.77 bits per heavy atom. The van der Waals surface area contributed by atoms with Crippen LogP contribution >= 0.6 is 23.2 Å². The number of amides is 1. The molecule has 1 N–H and O–H groups in total. The number of aryl methyl sites for hydroxylation is 1. The van der Waals surface area contributed by atoms with Gasteiger partial charge in [0.25, 0.3) is 0 Å². The van der Waals surface area contributed by atoms with Crippen molar-refractivity contribution in [1.82, 2.24) is 9.55 Å². The van der Waals surface area contributed by atoms with Crippen LogP contribution in [0.3, 0.4) is 0 Å². The fourth-order valence-corrected chi connectivity index (χ4v) is 2.68. The molecule has 3 rings (SSSR count). The standard InChI is InChI=1S/C16H13Cl2N3O/c1-10-19-12-6-2-3-8-14(12)21(10)9-15(22)20-13-7-4-5-11(17)16(13)18/h2-8H,9H2,1H3,(H,20,22). The van der Waals surface area contributed by atoms with E-state index in [1.54, 1.807) is 18.2 Å². The lowest BCUT2D eigenvalue weighted by Gasteiger charge is -2.10. The van der Waals surface area contributed by atoms with E-state index in [1.807, 2.05) is 35.8 Å². The van der Waals surface area contributed by atoms with Crippen LogP contribution in [0.2, 0.25) is 10.0 Å². The van der Waals surface area contributed by atoms with Crippen LogP contribution in [0.4, 0.5) is 5.69 Å². The van der Waals surface area contributed by atoms with Crippen LogP contribution < -0.4 is 5.32 Å². The first-order chi connectivity index (χ1) is 10.6. The van der Waals surface area contributed by atoms with Crippen LogP contribution in [0.5, 0.6) is 0 Å². The molecule has 3 aromatic rings. The number of para-hydroxylation sites is 2. The van der Waals surface area contributed by atoms with Gasteiger partial charge in [-0.15, -0.1) is 0 Å². The highest BCUT2D eigenvalue weighted by Crippen LogP contribution is 2.29. The van der Waals surface area contributed by atoms with Crippen LogP contribution in [0.15, 0.2) is 42.5 Å². The number of fused-ring (bicyclic) bond motifs is 1. The third kappa shape index (κ3) is 2.80. The molecule has 22 heavy (non-hydrogen) atoms. The number of hydrogen-bond donors (Lipinski definition) is 1. The number of nitrogens with one attached hydrogen (secondary N) is 1. The number of halogens is 2. The zero-order valence-corrected chi connectivity index (χ0v) is 13.3. The molecule has 0 saturated heterocycles. The summed E-state index contributed by atoms with van der Waals surface area (Å²) in [4.78, 5) is 16.7. The topological polar surface area (TPSA) is 46.9 Å². The highest BCUT2D eigenvalue weighted by Gasteiger charge is 2.12. The quantitative estimate of drug-likeness (QED) is 0.777. The zero-order chi connectivity index (χ0) is 15.7. The molecule has 112 valence electrons. The largest absolute Gasteiger partial charge is 0.323 e. The fourth-order valence-electron chi connectivity index (χ4n) is 2.33. The first-order valence-electron chi connectivity index (χ1n) is 6.72. The van der Waals surface area contributed by atoms with Gasteiger partial charge in [-0.05, 0) is 31.2 Å². The van der Waals surface area contributed by atoms with Crippen molar-refractivity contribution < 1.29 is 4.79 Å². The Labute approximate surface area is 137 Å². The summed E-state index contributed by atoms with van der Waals surface area (Å²) in [6, 6.07) is 12.8. The third-order valence-corrected chi connectivity index (χ3v) is 4.19. The van der Waals surface area contributed by atoms with Crippen molar-refractivity contribution in [3.8, 4) is 0 Å². The smallest absolute Gasteiger partial charge is 0.244 e. The number of hydrogen-bond acceptors (Lipinski definition) is 2. The van der Waals surface area contributed by atoms with E-state index >= 15 is 0 Å². The second kappa shape index (κ2) is 5.99. The zero-order valence-electron chi connectivity index (χ0n) is 11.8. The molecule has 0 atom stereocenters. The first-order valence-corrected chi connectivity index (χ1v) is 7.47. The van der Waals surface area contributed by atoms with Crippen molar-refractivity contribution in [3.05, 3.63) is 58.3 Å². The normalized spacial score (nSPS) is 10.9. The van der Waals surface area contributed by atoms with E-state index in [2.05, 4.69) is 10.3 Å². The molecular formula is C16H13Cl2N3O. The summed E-state index contributed by atoms with van der Waals surface area (Å²) in [7, 11) is 0. The Bertz CT molecular complexity index is 858. The van der Waals surface area contributed by atoms with Gasteiger partial charge < -0.3 is 9.88 Å². The van der Waals surface area contributed by atoms with E-state index in [4.69, 9.17) is 23.2 Å². The minimum atomic E-state index is -0.185. The van der Waals surface area contributed by atoms with Crippen LogP contribution in [0.25, 0.3) is 11.0 Å². The summed E-state index contributed by atoms with van der Waals surface area (Å²) in [6.07, 6.45) is 0. The number of carbonyl (C=O) groups is 1. The maximum atomic E-state index is 12.3. The lowest BCUT2D eigenvalue weighted by Crippen LogP contribution is -2.19. The van der Waals surface area contributed by atoms with E-state index in [1.165, 1.54) is 0 Å². The van der Waals surface area contributed by atoms with Crippen molar-refractivity contribution >= 4 is 45.8 Å². The van der Waals surface area contributed by atoms with Gasteiger partial charge >= 0.3 is 0 Å². The fraction of sp³-hybridized carbons (Fsp3) is 0.125. The minimum absolute atomic E-state index is 0.162. The summed E-state index contributed by atoms with van der Waals surface area (Å²) < 4.78 is 1.86. The summed E-state index contributed by atoms with van der Waals surface area (Å²) >= 11 is 12.0. The molecule has 0 unspecified atom stereocenters. The van der Waals surface area contributed by atoms with Gasteiger partial charge in [0.2, 0.25) is 5.91 Å². The predicted molar refractivity (Wildman–Crippen MR) is 89.6 cm³/mol. The molecule has 0 saturated carbocycles. The van der Waals surface area contributed by atoms with E-state index in [9.17, 15) is 4.79 Å². The van der Waals surface area contributed by atoms with Gasteiger partial charge in [-0.3, -0.25) is 4.79 Å². The van der Waals surface area contributed by atoms with Gasteiger partial charge in [-0.25, -0.2) is 4.98 Å². The number of nitrogens with zero attached hydrogens (tertiary/aromatic N) is 2. The highest BCUT2D eigenvalue weighted by molar-refractivity contribution is 6.43. The number of anilines is 1. The van der Waals surface area contributed by atoms with E-state index in [-0.39, 0.29) is 12.5 Å². The van der Waals surface area contributed by atoms with Crippen LogP contribution in [0, 0.1) is 6.92 Å². The predicted octanol–water partition coefficient (Wildman–Crippen LogP) is 4.29. The van der Waals surface area contributed by atoms with Gasteiger partial charge in [0.05, 0.1) is 26.8 Å². The molecule has 2 aromatic carbocycles. The van der Waals surface area contributed by atoms with Gasteiger partial charge in [-0.1, -0.05) is 41.4 Å². The van der Waals surface area contributed by atoms with Gasteiger partial charge in [0, 0.05) is 0 Å². The van der Waals surface area contributed by atoms with Crippen LogP contribution in [-0.4, -0.2) is 15.5 Å². The molecule has 4 nitrogen and oxygen atoms in total. The second-order valence-corrected chi connectivity index (χ2v) is 5.67. The Kier molecular flexibility index (Phi) is 4.05. The molecule has 0 bridgehead atoms. The van der Waals surface area contributed by atoms with Crippen LogP contribution in [0.1, 0.15) is 5.82 Å². The van der Waals surface area contributed by atoms with Gasteiger partial charge in [0.15, 0.2) is 0 Å². The molecule has 0 radical (unpaired) electrons. The number of imidazole rings is 1. The minimum Gasteiger partial charge on any atom is -0.323 e. The van der Waals surface area contributed by atoms with Crippen molar-refractivity contribution in [1.29, 1.82) is 0 Å². The van der Waals surface area contributed by atoms with E-state index < -0.39 is 0 Å². The monoisotopic (exact) mass is 333 g/mol. The van der Waals surface area contributed by atoms with E-state index in [0.717, 1.165) is 16.9 Å². The lowest BCUT2D eigenvalue weighted by molar-refractivity contribution is -0.116. The highest BCUT2D eigenvalue weighted by atomic mass is 35.5. The lowest BCUT2D eigenvalue weighted by atomic mass is 10.3. The summed E-state index contributed by atoms with van der Waals surface area (Å²) in [6.45, 7) is 2.04. The number of aromatic nitrogens is 2. The molecule has 6 heteroatoms. The molecule has 1 aromatic heterocycles. The molecule has 0 fully saturated rings. The molecule has 0 spiro atoms. The van der Waals surface area contributed by atoms with Gasteiger partial charge in [-0.2, -0.15) is 0 Å². The maximum absolute atomic E-state index is 12.3. The SMILES string of the molecule is Cc1nc2ccccc2n1CC(=O)Nc1cccc(Cl)c1Cl. The molecule has 0 aliphatic rings. The number of benzene rings is 2. The number of rotatable bonds is 3. The summed E-state index contributed by atoms with van der Waals surface area (Å²) in [5.74, 6) is 0.601. The van der Waals surface area contributed by atoms with E-state index in [0.29, 0.717) is 15.7 Å². The van der Waals surface area contributed by atoms with Crippen molar-refractivity contribution in [2.45, 2.75) is 13.5 Å². The van der Waals surface area contributed by atoms with Gasteiger partial charge in [0.1, 0.15) is 12.4 Å². The Balaban J connectivity index is 1.84. The summed E-state index contributed by atoms with van der Waals surface area (Å²) in [5, 5.41) is 3.52. The molecular weight excluding hydrogens is 321 g/mol. The Morgan fingerprint density at radius 2 is 1.95 bits per heavy atom. The first kappa shape index (κ1) is 14.9. The average molecular weight is 334 g/mol. The van der Waals surface area contributed by atoms with Crippen molar-refractivity contribution in [2.24, 2.45) is 0 Å². The molecule has 1 heterocycles. The van der Waals surface area contributed by atoms with Crippen LogP contribution in [-0.2, 0) is 11.3 Å². The number of carbonyl (C=O) groups excluding carboxylic acids is 1. The Hall–Kier alpha value is -2.04. The average Bonchev–Trinajstić information content (AvgIpc) is 2.80. The summed E-state index contributed by atoms with van der Waals surface area (Å²) in [5.41, 5.74) is 2.29. The van der Waals surface area contributed by atoms with Crippen molar-refractivity contribution in [2.75, 3.05) is 5.32 Å². The molecule has 1 amide bonds. The Morgan fingerprint density at radius 1 is 1.18 bits per heavy atom. The molecule has 0 aliphatic heterocycles.